The number of amides is 1. The van der Waals surface area contributed by atoms with Crippen LogP contribution in [0.15, 0.2) is 12.3 Å². The van der Waals surface area contributed by atoms with E-state index < -0.39 is 11.4 Å². The summed E-state index contributed by atoms with van der Waals surface area (Å²) >= 11 is 2.35. The number of hydrogen-bond acceptors (Lipinski definition) is 6. The summed E-state index contributed by atoms with van der Waals surface area (Å²) in [6, 6.07) is 0. The van der Waals surface area contributed by atoms with Crippen molar-refractivity contribution in [1.29, 1.82) is 0 Å². The van der Waals surface area contributed by atoms with Crippen LogP contribution >= 0.6 is 28.4 Å². The highest BCUT2D eigenvalue weighted by atomic mass is 127. The van der Waals surface area contributed by atoms with Gasteiger partial charge < -0.3 is 24.0 Å². The molecule has 0 bridgehead atoms. The Kier molecular flexibility index (Phi) is 8.40. The molecule has 1 unspecified atom stereocenters. The molecule has 1 amide bonds. The molecule has 174 valence electrons. The summed E-state index contributed by atoms with van der Waals surface area (Å²) < 4.78 is 19.1. The minimum atomic E-state index is -0.484. The van der Waals surface area contributed by atoms with E-state index in [-0.39, 0.29) is 6.09 Å². The molecule has 2 heterocycles. The number of nitrogens with zero attached hydrogens (tertiary/aromatic N) is 4. The predicted octanol–water partition coefficient (Wildman–Crippen LogP) is 4.28. The molecule has 1 aliphatic heterocycles. The Morgan fingerprint density at radius 1 is 1.32 bits per heavy atom. The van der Waals surface area contributed by atoms with Crippen LogP contribution in [0.2, 0.25) is 0 Å². The molecule has 8 nitrogen and oxygen atoms in total. The predicted molar refractivity (Wildman–Crippen MR) is 132 cm³/mol. The first kappa shape index (κ1) is 24.9. The topological polar surface area (TPSA) is 69.1 Å². The Morgan fingerprint density at radius 3 is 2.61 bits per heavy atom. The third-order valence-corrected chi connectivity index (χ3v) is 7.28. The van der Waals surface area contributed by atoms with E-state index in [0.717, 1.165) is 38.0 Å². The van der Waals surface area contributed by atoms with E-state index in [1.54, 1.807) is 11.9 Å². The summed E-state index contributed by atoms with van der Waals surface area (Å²) in [5, 5.41) is 4.84. The van der Waals surface area contributed by atoms with Gasteiger partial charge in [0.15, 0.2) is 5.79 Å². The molecule has 1 spiro atoms. The second-order valence-electron chi connectivity index (χ2n) is 9.21. The largest absolute Gasteiger partial charge is 0.444 e. The molecule has 0 aromatic carbocycles. The van der Waals surface area contributed by atoms with E-state index in [0.29, 0.717) is 26.1 Å². The molecule has 0 N–H and O–H groups in total. The third kappa shape index (κ3) is 6.87. The van der Waals surface area contributed by atoms with Crippen LogP contribution < -0.4 is 0 Å². The van der Waals surface area contributed by atoms with Gasteiger partial charge in [0.1, 0.15) is 5.60 Å². The van der Waals surface area contributed by atoms with E-state index in [1.807, 2.05) is 25.2 Å². The van der Waals surface area contributed by atoms with Gasteiger partial charge in [-0.15, -0.1) is 0 Å². The normalized spacial score (nSPS) is 18.9. The summed E-state index contributed by atoms with van der Waals surface area (Å²) in [5.74, 6) is -0.416. The maximum atomic E-state index is 12.2. The zero-order chi connectivity index (χ0) is 22.6. The van der Waals surface area contributed by atoms with Crippen LogP contribution in [-0.2, 0) is 20.8 Å². The fraction of sp³-hybridized carbons (Fsp3) is 0.714. The van der Waals surface area contributed by atoms with Crippen LogP contribution in [0.25, 0.3) is 5.57 Å². The molecule has 1 aliphatic carbocycles. The van der Waals surface area contributed by atoms with Crippen molar-refractivity contribution in [1.82, 2.24) is 19.4 Å². The van der Waals surface area contributed by atoms with Crippen molar-refractivity contribution in [2.24, 2.45) is 0 Å². The van der Waals surface area contributed by atoms with Crippen molar-refractivity contribution in [2.75, 3.05) is 40.4 Å². The highest BCUT2D eigenvalue weighted by molar-refractivity contribution is 14.2. The molecule has 10 heteroatoms. The third-order valence-electron chi connectivity index (χ3n) is 5.39. The molecule has 1 atom stereocenters. The van der Waals surface area contributed by atoms with Gasteiger partial charge in [-0.05, 0) is 61.9 Å². The average Bonchev–Trinajstić information content (AvgIpc) is 3.33. The molecule has 31 heavy (non-hydrogen) atoms. The zero-order valence-corrected chi connectivity index (χ0v) is 22.3. The van der Waals surface area contributed by atoms with Crippen LogP contribution in [0.4, 0.5) is 4.79 Å². The Labute approximate surface area is 200 Å². The molecule has 0 saturated carbocycles. The number of aromatic nitrogens is 2. The van der Waals surface area contributed by atoms with Crippen molar-refractivity contribution in [3.05, 3.63) is 23.5 Å². The van der Waals surface area contributed by atoms with Gasteiger partial charge in [0.25, 0.3) is 0 Å². The van der Waals surface area contributed by atoms with E-state index >= 15 is 0 Å². The first-order valence-corrected chi connectivity index (χ1v) is 14.7. The Morgan fingerprint density at radius 2 is 2.03 bits per heavy atom. The molecule has 3 rings (SSSR count). The Bertz CT molecular complexity index is 802. The second-order valence-corrected chi connectivity index (χ2v) is 11.3. The van der Waals surface area contributed by atoms with Crippen LogP contribution in [0.1, 0.15) is 51.3 Å². The fourth-order valence-electron chi connectivity index (χ4n) is 3.74. The number of carbonyl (C=O) groups is 1. The second kappa shape index (κ2) is 10.5. The maximum absolute atomic E-state index is 12.2. The highest BCUT2D eigenvalue weighted by Crippen LogP contribution is 2.39. The van der Waals surface area contributed by atoms with Crippen LogP contribution in [0.5, 0.6) is 0 Å². The van der Waals surface area contributed by atoms with E-state index in [9.17, 15) is 4.79 Å². The van der Waals surface area contributed by atoms with Crippen molar-refractivity contribution < 1.29 is 19.0 Å². The Balaban J connectivity index is 1.60. The van der Waals surface area contributed by atoms with Gasteiger partial charge in [-0.2, -0.15) is 5.10 Å². The summed E-state index contributed by atoms with van der Waals surface area (Å²) in [5.41, 5.74) is 3.07. The Hall–Kier alpha value is -0.740. The monoisotopic (exact) mass is 564 g/mol. The maximum Gasteiger partial charge on any atom is 0.410 e. The first-order valence-electron chi connectivity index (χ1n) is 10.7. The summed E-state index contributed by atoms with van der Waals surface area (Å²) in [7, 11) is 3.85. The molecule has 1 saturated heterocycles. The van der Waals surface area contributed by atoms with Gasteiger partial charge in [0, 0.05) is 51.3 Å². The number of allylic oxidation sites excluding steroid dienone is 1. The molecule has 1 aromatic heterocycles. The van der Waals surface area contributed by atoms with E-state index in [2.05, 4.69) is 46.3 Å². The smallest absolute Gasteiger partial charge is 0.410 e. The standard InChI is InChI=1S/C21H34IN4O4P/c1-20(2,3)30-19(27)25(5)11-10-24(4)14-17-15-26(31-22)23-18(17)16-6-8-21(9-7-16)28-12-13-29-21/h6,15,31H,7-14H2,1-5H3. The minimum absolute atomic E-state index is 0.293. The summed E-state index contributed by atoms with van der Waals surface area (Å²) in [4.78, 5) is 16.0. The lowest BCUT2D eigenvalue weighted by Gasteiger charge is -2.30. The van der Waals surface area contributed by atoms with Gasteiger partial charge in [-0.25, -0.2) is 9.25 Å². The van der Waals surface area contributed by atoms with Crippen LogP contribution in [0, 0.1) is 0 Å². The van der Waals surface area contributed by atoms with Gasteiger partial charge in [-0.3, -0.25) is 0 Å². The van der Waals surface area contributed by atoms with Crippen molar-refractivity contribution in [2.45, 2.75) is 58.0 Å². The van der Waals surface area contributed by atoms with Gasteiger partial charge in [0.2, 0.25) is 0 Å². The van der Waals surface area contributed by atoms with Gasteiger partial charge in [-0.1, -0.05) is 6.08 Å². The average molecular weight is 564 g/mol. The first-order chi connectivity index (χ1) is 14.6. The molecule has 2 aliphatic rings. The quantitative estimate of drug-likeness (QED) is 0.364. The van der Waals surface area contributed by atoms with E-state index in [4.69, 9.17) is 19.3 Å². The van der Waals surface area contributed by atoms with Crippen molar-refractivity contribution >= 4 is 40.1 Å². The number of hydrogen-bond donors (Lipinski definition) is 0. The van der Waals surface area contributed by atoms with Crippen LogP contribution in [-0.4, -0.2) is 77.2 Å². The fourth-order valence-corrected chi connectivity index (χ4v) is 4.83. The minimum Gasteiger partial charge on any atom is -0.444 e. The number of carbonyl (C=O) groups excluding carboxylic acids is 1. The molecular weight excluding hydrogens is 530 g/mol. The lowest BCUT2D eigenvalue weighted by molar-refractivity contribution is -0.159. The lowest BCUT2D eigenvalue weighted by atomic mass is 9.91. The molecule has 0 radical (unpaired) electrons. The highest BCUT2D eigenvalue weighted by Gasteiger charge is 2.38. The summed E-state index contributed by atoms with van der Waals surface area (Å²) in [6.45, 7) is 9.12. The zero-order valence-electron chi connectivity index (χ0n) is 19.1. The number of ether oxygens (including phenoxy) is 3. The number of likely N-dealkylation sites (N-methyl/N-ethyl adjacent to an activating group) is 2. The molecule has 1 aromatic rings. The van der Waals surface area contributed by atoms with Crippen molar-refractivity contribution in [3.63, 3.8) is 0 Å². The number of halogens is 1. The molecule has 1 fully saturated rings. The SMILES string of the molecule is CN(CCN(C)C(=O)OC(C)(C)C)Cc1cn(PI)nc1C1=CCC2(CC1)OCCO2. The number of rotatable bonds is 7. The van der Waals surface area contributed by atoms with Gasteiger partial charge >= 0.3 is 6.09 Å². The van der Waals surface area contributed by atoms with Gasteiger partial charge in [0.05, 0.1) is 25.3 Å². The summed E-state index contributed by atoms with van der Waals surface area (Å²) in [6.07, 6.45) is 7.18. The van der Waals surface area contributed by atoms with Crippen LogP contribution in [0.3, 0.4) is 0 Å². The van der Waals surface area contributed by atoms with Crippen molar-refractivity contribution in [3.8, 4) is 0 Å². The lowest BCUT2D eigenvalue weighted by Crippen LogP contribution is -2.38. The van der Waals surface area contributed by atoms with E-state index in [1.165, 1.54) is 11.1 Å². The molecular formula is C21H34IN4O4P.